The Hall–Kier alpha value is -2.70. The van der Waals surface area contributed by atoms with Crippen molar-refractivity contribution in [3.63, 3.8) is 0 Å². The summed E-state index contributed by atoms with van der Waals surface area (Å²) in [5, 5.41) is 15.8. The first kappa shape index (κ1) is 13.9. The number of rotatable bonds is 2. The predicted octanol–water partition coefficient (Wildman–Crippen LogP) is 1.60. The Kier molecular flexibility index (Phi) is 3.33. The molecule has 0 aliphatic carbocycles. The summed E-state index contributed by atoms with van der Waals surface area (Å²) in [5.74, 6) is 0.831. The number of nitrogens with one attached hydrogen (secondary N) is 2. The van der Waals surface area contributed by atoms with Crippen molar-refractivity contribution in [1.29, 1.82) is 0 Å². The average molecular weight is 310 g/mol. The third kappa shape index (κ3) is 2.69. The SMILES string of the molecule is Cc1ccc2cc(C(=O)NC3CCc4nnnn4CC3)[nH]c2c1. The van der Waals surface area contributed by atoms with E-state index in [0.717, 1.165) is 42.5 Å². The van der Waals surface area contributed by atoms with E-state index in [1.807, 2.05) is 29.8 Å². The van der Waals surface area contributed by atoms with E-state index >= 15 is 0 Å². The molecule has 0 fully saturated rings. The number of hydrogen-bond donors (Lipinski definition) is 2. The van der Waals surface area contributed by atoms with Crippen molar-refractivity contribution in [2.45, 2.75) is 38.8 Å². The lowest BCUT2D eigenvalue weighted by Gasteiger charge is -2.15. The van der Waals surface area contributed by atoms with Crippen molar-refractivity contribution in [1.82, 2.24) is 30.5 Å². The van der Waals surface area contributed by atoms with Crippen LogP contribution in [0.15, 0.2) is 24.3 Å². The van der Waals surface area contributed by atoms with Crippen molar-refractivity contribution in [3.05, 3.63) is 41.3 Å². The molecule has 1 atom stereocenters. The summed E-state index contributed by atoms with van der Waals surface area (Å²) in [7, 11) is 0. The third-order valence-electron chi connectivity index (χ3n) is 4.37. The Morgan fingerprint density at radius 2 is 2.26 bits per heavy atom. The number of nitrogens with zero attached hydrogens (tertiary/aromatic N) is 4. The largest absolute Gasteiger partial charge is 0.351 e. The molecule has 118 valence electrons. The smallest absolute Gasteiger partial charge is 0.267 e. The summed E-state index contributed by atoms with van der Waals surface area (Å²) in [4.78, 5) is 15.7. The highest BCUT2D eigenvalue weighted by Gasteiger charge is 2.20. The van der Waals surface area contributed by atoms with Crippen LogP contribution < -0.4 is 5.32 Å². The van der Waals surface area contributed by atoms with Crippen molar-refractivity contribution < 1.29 is 4.79 Å². The fraction of sp³-hybridized carbons (Fsp3) is 0.375. The van der Waals surface area contributed by atoms with Crippen LogP contribution in [0.2, 0.25) is 0 Å². The molecule has 1 amide bonds. The molecule has 0 radical (unpaired) electrons. The maximum Gasteiger partial charge on any atom is 0.267 e. The molecule has 1 unspecified atom stereocenters. The van der Waals surface area contributed by atoms with Crippen molar-refractivity contribution >= 4 is 16.8 Å². The molecule has 7 heteroatoms. The molecule has 23 heavy (non-hydrogen) atoms. The Balaban J connectivity index is 1.47. The zero-order chi connectivity index (χ0) is 15.8. The standard InChI is InChI=1S/C16H18N6O/c1-10-2-3-11-9-14(18-13(11)8-10)16(23)17-12-4-5-15-19-20-21-22(15)7-6-12/h2-3,8-9,12,18H,4-7H2,1H3,(H,17,23). The van der Waals surface area contributed by atoms with Gasteiger partial charge in [0, 0.05) is 29.9 Å². The van der Waals surface area contributed by atoms with Gasteiger partial charge in [-0.3, -0.25) is 4.79 Å². The van der Waals surface area contributed by atoms with Crippen LogP contribution in [0.4, 0.5) is 0 Å². The zero-order valence-electron chi connectivity index (χ0n) is 12.9. The lowest BCUT2D eigenvalue weighted by atomic mass is 10.1. The molecule has 0 spiro atoms. The second-order valence-electron chi connectivity index (χ2n) is 6.09. The minimum absolute atomic E-state index is 0.0607. The fourth-order valence-electron chi connectivity index (χ4n) is 3.07. The first-order valence-electron chi connectivity index (χ1n) is 7.84. The highest BCUT2D eigenvalue weighted by atomic mass is 16.1. The van der Waals surface area contributed by atoms with E-state index in [-0.39, 0.29) is 11.9 Å². The number of fused-ring (bicyclic) bond motifs is 2. The molecule has 7 nitrogen and oxygen atoms in total. The van der Waals surface area contributed by atoms with Gasteiger partial charge in [-0.05, 0) is 47.9 Å². The number of aromatic amines is 1. The van der Waals surface area contributed by atoms with Gasteiger partial charge >= 0.3 is 0 Å². The van der Waals surface area contributed by atoms with Gasteiger partial charge in [-0.15, -0.1) is 5.10 Å². The van der Waals surface area contributed by atoms with Crippen molar-refractivity contribution in [2.24, 2.45) is 0 Å². The van der Waals surface area contributed by atoms with Gasteiger partial charge in [0.15, 0.2) is 5.82 Å². The van der Waals surface area contributed by atoms with Gasteiger partial charge in [0.2, 0.25) is 0 Å². The van der Waals surface area contributed by atoms with Crippen LogP contribution in [0.1, 0.15) is 34.7 Å². The van der Waals surface area contributed by atoms with E-state index in [1.165, 1.54) is 5.56 Å². The minimum Gasteiger partial charge on any atom is -0.351 e. The maximum atomic E-state index is 12.5. The number of carbonyl (C=O) groups excluding carboxylic acids is 1. The van der Waals surface area contributed by atoms with Crippen LogP contribution in [0, 0.1) is 6.92 Å². The Morgan fingerprint density at radius 1 is 1.35 bits per heavy atom. The Labute approximate surface area is 133 Å². The van der Waals surface area contributed by atoms with Crippen LogP contribution in [0.25, 0.3) is 10.9 Å². The normalized spacial score (nSPS) is 17.7. The summed E-state index contributed by atoms with van der Waals surface area (Å²) < 4.78 is 1.82. The fourth-order valence-corrected chi connectivity index (χ4v) is 3.07. The van der Waals surface area contributed by atoms with E-state index in [4.69, 9.17) is 0 Å². The molecule has 0 saturated carbocycles. The highest BCUT2D eigenvalue weighted by Crippen LogP contribution is 2.18. The van der Waals surface area contributed by atoms with E-state index in [2.05, 4.69) is 31.9 Å². The molecular weight excluding hydrogens is 292 g/mol. The topological polar surface area (TPSA) is 88.5 Å². The van der Waals surface area contributed by atoms with E-state index in [9.17, 15) is 4.79 Å². The van der Waals surface area contributed by atoms with Crippen LogP contribution >= 0.6 is 0 Å². The number of hydrogen-bond acceptors (Lipinski definition) is 4. The number of amides is 1. The number of tetrazole rings is 1. The van der Waals surface area contributed by atoms with Crippen molar-refractivity contribution in [3.8, 4) is 0 Å². The van der Waals surface area contributed by atoms with Crippen LogP contribution in [0.5, 0.6) is 0 Å². The molecule has 0 bridgehead atoms. The summed E-state index contributed by atoms with van der Waals surface area (Å²) in [6.07, 6.45) is 2.47. The second-order valence-corrected chi connectivity index (χ2v) is 6.09. The highest BCUT2D eigenvalue weighted by molar-refractivity contribution is 5.98. The summed E-state index contributed by atoms with van der Waals surface area (Å²) in [6.45, 7) is 2.77. The average Bonchev–Trinajstić information content (AvgIpc) is 3.11. The van der Waals surface area contributed by atoms with E-state index in [1.54, 1.807) is 0 Å². The summed E-state index contributed by atoms with van der Waals surface area (Å²) in [5.41, 5.74) is 2.77. The van der Waals surface area contributed by atoms with Gasteiger partial charge in [-0.2, -0.15) is 0 Å². The van der Waals surface area contributed by atoms with Gasteiger partial charge < -0.3 is 10.3 Å². The molecular formula is C16H18N6O. The molecule has 4 rings (SSSR count). The van der Waals surface area contributed by atoms with Gasteiger partial charge in [-0.25, -0.2) is 4.68 Å². The van der Waals surface area contributed by atoms with E-state index < -0.39 is 0 Å². The lowest BCUT2D eigenvalue weighted by Crippen LogP contribution is -2.35. The van der Waals surface area contributed by atoms with Crippen LogP contribution in [-0.2, 0) is 13.0 Å². The lowest BCUT2D eigenvalue weighted by molar-refractivity contribution is 0.0928. The molecule has 2 N–H and O–H groups in total. The molecule has 3 heterocycles. The van der Waals surface area contributed by atoms with E-state index in [0.29, 0.717) is 5.69 Å². The van der Waals surface area contributed by atoms with Crippen molar-refractivity contribution in [2.75, 3.05) is 0 Å². The number of carbonyl (C=O) groups is 1. The molecule has 3 aromatic rings. The number of aryl methyl sites for hydroxylation is 3. The van der Waals surface area contributed by atoms with Gasteiger partial charge in [0.25, 0.3) is 5.91 Å². The van der Waals surface area contributed by atoms with Crippen LogP contribution in [0.3, 0.4) is 0 Å². The zero-order valence-corrected chi connectivity index (χ0v) is 12.9. The Bertz CT molecular complexity index is 842. The molecule has 1 aromatic carbocycles. The minimum atomic E-state index is -0.0607. The second kappa shape index (κ2) is 5.49. The molecule has 0 saturated heterocycles. The van der Waals surface area contributed by atoms with Gasteiger partial charge in [0.05, 0.1) is 0 Å². The Morgan fingerprint density at radius 3 is 3.17 bits per heavy atom. The molecule has 2 aromatic heterocycles. The van der Waals surface area contributed by atoms with Gasteiger partial charge in [-0.1, -0.05) is 12.1 Å². The molecule has 1 aliphatic heterocycles. The summed E-state index contributed by atoms with van der Waals surface area (Å²) >= 11 is 0. The predicted molar refractivity (Wildman–Crippen MR) is 85.0 cm³/mol. The summed E-state index contributed by atoms with van der Waals surface area (Å²) in [6, 6.07) is 8.15. The molecule has 1 aliphatic rings. The number of aromatic nitrogens is 5. The first-order valence-corrected chi connectivity index (χ1v) is 7.84. The van der Waals surface area contributed by atoms with Crippen LogP contribution in [-0.4, -0.2) is 37.1 Å². The third-order valence-corrected chi connectivity index (χ3v) is 4.37. The quantitative estimate of drug-likeness (QED) is 0.752. The first-order chi connectivity index (χ1) is 11.2. The monoisotopic (exact) mass is 310 g/mol. The maximum absolute atomic E-state index is 12.5. The number of H-pyrrole nitrogens is 1. The van der Waals surface area contributed by atoms with Gasteiger partial charge in [0.1, 0.15) is 5.69 Å². The number of benzene rings is 1.